The van der Waals surface area contributed by atoms with Crippen LogP contribution in [0.4, 0.5) is 17.1 Å². The van der Waals surface area contributed by atoms with E-state index in [0.717, 1.165) is 15.5 Å². The SMILES string of the molecule is O=[N+]([O-])c1cccc(NC(=S)Nc2ccccc2Sc2ccccc2)c1. The predicted molar refractivity (Wildman–Crippen MR) is 110 cm³/mol. The first kappa shape index (κ1) is 17.9. The van der Waals surface area contributed by atoms with Crippen LogP contribution in [-0.2, 0) is 0 Å². The van der Waals surface area contributed by atoms with Crippen molar-refractivity contribution < 1.29 is 4.92 Å². The minimum absolute atomic E-state index is 0.0119. The zero-order chi connectivity index (χ0) is 18.4. The number of anilines is 2. The van der Waals surface area contributed by atoms with Gasteiger partial charge in [0.05, 0.1) is 10.6 Å². The average Bonchev–Trinajstić information content (AvgIpc) is 2.64. The number of hydrogen-bond acceptors (Lipinski definition) is 4. The highest BCUT2D eigenvalue weighted by molar-refractivity contribution is 7.99. The molecule has 0 bridgehead atoms. The molecule has 0 spiro atoms. The third kappa shape index (κ3) is 4.81. The molecule has 3 aromatic rings. The van der Waals surface area contributed by atoms with Crippen LogP contribution >= 0.6 is 24.0 Å². The lowest BCUT2D eigenvalue weighted by molar-refractivity contribution is -0.384. The molecule has 0 heterocycles. The van der Waals surface area contributed by atoms with Crippen molar-refractivity contribution >= 4 is 46.2 Å². The van der Waals surface area contributed by atoms with E-state index in [9.17, 15) is 10.1 Å². The van der Waals surface area contributed by atoms with Gasteiger partial charge >= 0.3 is 0 Å². The zero-order valence-electron chi connectivity index (χ0n) is 13.6. The molecule has 26 heavy (non-hydrogen) atoms. The lowest BCUT2D eigenvalue weighted by Crippen LogP contribution is -2.19. The molecule has 0 aliphatic carbocycles. The monoisotopic (exact) mass is 381 g/mol. The molecule has 0 atom stereocenters. The first-order chi connectivity index (χ1) is 12.6. The first-order valence-electron chi connectivity index (χ1n) is 7.76. The molecule has 130 valence electrons. The first-order valence-corrected chi connectivity index (χ1v) is 8.99. The van der Waals surface area contributed by atoms with E-state index in [0.29, 0.717) is 10.8 Å². The van der Waals surface area contributed by atoms with Gasteiger partial charge in [-0.05, 0) is 42.5 Å². The van der Waals surface area contributed by atoms with Crippen LogP contribution in [0.25, 0.3) is 0 Å². The summed E-state index contributed by atoms with van der Waals surface area (Å²) in [6, 6.07) is 24.1. The molecular weight excluding hydrogens is 366 g/mol. The molecule has 3 aromatic carbocycles. The Morgan fingerprint density at radius 1 is 0.923 bits per heavy atom. The summed E-state index contributed by atoms with van der Waals surface area (Å²) in [5.74, 6) is 0. The number of para-hydroxylation sites is 1. The Morgan fingerprint density at radius 3 is 2.42 bits per heavy atom. The van der Waals surface area contributed by atoms with Crippen LogP contribution in [0, 0.1) is 10.1 Å². The maximum absolute atomic E-state index is 10.9. The standard InChI is InChI=1S/C19H15N3O2S2/c23-22(24)15-8-6-7-14(13-15)20-19(25)21-17-11-4-5-12-18(17)26-16-9-2-1-3-10-16/h1-13H,(H2,20,21,25). The molecule has 7 heteroatoms. The van der Waals surface area contributed by atoms with Crippen molar-refractivity contribution in [1.29, 1.82) is 0 Å². The molecule has 0 aliphatic heterocycles. The molecule has 0 unspecified atom stereocenters. The Labute approximate surface area is 160 Å². The van der Waals surface area contributed by atoms with E-state index in [4.69, 9.17) is 12.2 Å². The molecule has 0 radical (unpaired) electrons. The van der Waals surface area contributed by atoms with Gasteiger partial charge in [0.25, 0.3) is 5.69 Å². The third-order valence-corrected chi connectivity index (χ3v) is 4.71. The second-order valence-electron chi connectivity index (χ2n) is 5.30. The van der Waals surface area contributed by atoms with Gasteiger partial charge in [0.15, 0.2) is 5.11 Å². The van der Waals surface area contributed by atoms with Gasteiger partial charge in [-0.25, -0.2) is 0 Å². The fourth-order valence-electron chi connectivity index (χ4n) is 2.26. The summed E-state index contributed by atoms with van der Waals surface area (Å²) in [7, 11) is 0. The Balaban J connectivity index is 1.72. The van der Waals surface area contributed by atoms with Crippen LogP contribution in [0.5, 0.6) is 0 Å². The molecule has 2 N–H and O–H groups in total. The number of non-ortho nitro benzene ring substituents is 1. The smallest absolute Gasteiger partial charge is 0.271 e. The summed E-state index contributed by atoms with van der Waals surface area (Å²) in [5, 5.41) is 17.4. The van der Waals surface area contributed by atoms with Crippen LogP contribution in [0.2, 0.25) is 0 Å². The summed E-state index contributed by atoms with van der Waals surface area (Å²) in [6.07, 6.45) is 0. The van der Waals surface area contributed by atoms with Gasteiger partial charge in [0, 0.05) is 27.6 Å². The van der Waals surface area contributed by atoms with Gasteiger partial charge in [-0.2, -0.15) is 0 Å². The number of nitro groups is 1. The summed E-state index contributed by atoms with van der Waals surface area (Å²) < 4.78 is 0. The minimum atomic E-state index is -0.437. The maximum atomic E-state index is 10.9. The van der Waals surface area contributed by atoms with Crippen molar-refractivity contribution in [3.8, 4) is 0 Å². The van der Waals surface area contributed by atoms with Gasteiger partial charge in [0.2, 0.25) is 0 Å². The van der Waals surface area contributed by atoms with Crippen LogP contribution in [0.1, 0.15) is 0 Å². The van der Waals surface area contributed by atoms with Crippen LogP contribution in [0.3, 0.4) is 0 Å². The van der Waals surface area contributed by atoms with E-state index in [1.807, 2.05) is 54.6 Å². The summed E-state index contributed by atoms with van der Waals surface area (Å²) >= 11 is 6.98. The number of benzene rings is 3. The number of nitrogens with one attached hydrogen (secondary N) is 2. The molecule has 0 fully saturated rings. The van der Waals surface area contributed by atoms with E-state index in [1.54, 1.807) is 23.9 Å². The second-order valence-corrected chi connectivity index (χ2v) is 6.82. The Morgan fingerprint density at radius 2 is 1.65 bits per heavy atom. The zero-order valence-corrected chi connectivity index (χ0v) is 15.2. The number of rotatable bonds is 5. The Hall–Kier alpha value is -2.90. The Bertz CT molecular complexity index is 933. The molecule has 0 saturated heterocycles. The van der Waals surface area contributed by atoms with Gasteiger partial charge in [0.1, 0.15) is 0 Å². The van der Waals surface area contributed by atoms with Crippen molar-refractivity contribution in [3.05, 3.63) is 89.0 Å². The molecule has 5 nitrogen and oxygen atoms in total. The molecular formula is C19H15N3O2S2. The van der Waals surface area contributed by atoms with Crippen molar-refractivity contribution in [2.45, 2.75) is 9.79 Å². The summed E-state index contributed by atoms with van der Waals surface area (Å²) in [6.45, 7) is 0. The van der Waals surface area contributed by atoms with Crippen molar-refractivity contribution in [3.63, 3.8) is 0 Å². The van der Waals surface area contributed by atoms with Crippen molar-refractivity contribution in [2.75, 3.05) is 10.6 Å². The third-order valence-electron chi connectivity index (χ3n) is 3.42. The van der Waals surface area contributed by atoms with Crippen LogP contribution in [0.15, 0.2) is 88.7 Å². The number of nitro benzene ring substituents is 1. The molecule has 0 aromatic heterocycles. The van der Waals surface area contributed by atoms with Gasteiger partial charge in [-0.3, -0.25) is 10.1 Å². The summed E-state index contributed by atoms with van der Waals surface area (Å²) in [5.41, 5.74) is 1.44. The van der Waals surface area contributed by atoms with E-state index >= 15 is 0 Å². The quantitative estimate of drug-likeness (QED) is 0.343. The largest absolute Gasteiger partial charge is 0.332 e. The second kappa shape index (κ2) is 8.46. The van der Waals surface area contributed by atoms with Crippen molar-refractivity contribution in [2.24, 2.45) is 0 Å². The average molecular weight is 381 g/mol. The van der Waals surface area contributed by atoms with E-state index in [1.165, 1.54) is 12.1 Å². The molecule has 0 amide bonds. The van der Waals surface area contributed by atoms with Gasteiger partial charge in [-0.15, -0.1) is 0 Å². The van der Waals surface area contributed by atoms with Crippen LogP contribution in [-0.4, -0.2) is 10.0 Å². The van der Waals surface area contributed by atoms with E-state index in [-0.39, 0.29) is 5.69 Å². The molecule has 0 aliphatic rings. The van der Waals surface area contributed by atoms with E-state index < -0.39 is 4.92 Å². The lowest BCUT2D eigenvalue weighted by Gasteiger charge is -2.14. The normalized spacial score (nSPS) is 10.2. The fourth-order valence-corrected chi connectivity index (χ4v) is 3.41. The highest BCUT2D eigenvalue weighted by Gasteiger charge is 2.08. The van der Waals surface area contributed by atoms with Crippen molar-refractivity contribution in [1.82, 2.24) is 0 Å². The molecule has 3 rings (SSSR count). The fraction of sp³-hybridized carbons (Fsp3) is 0. The highest BCUT2D eigenvalue weighted by atomic mass is 32.2. The number of nitrogens with zero attached hydrogens (tertiary/aromatic N) is 1. The van der Waals surface area contributed by atoms with Gasteiger partial charge < -0.3 is 10.6 Å². The van der Waals surface area contributed by atoms with Crippen LogP contribution < -0.4 is 10.6 Å². The predicted octanol–water partition coefficient (Wildman–Crippen LogP) is 5.55. The highest BCUT2D eigenvalue weighted by Crippen LogP contribution is 2.33. The van der Waals surface area contributed by atoms with Gasteiger partial charge in [-0.1, -0.05) is 48.2 Å². The summed E-state index contributed by atoms with van der Waals surface area (Å²) in [4.78, 5) is 12.6. The topological polar surface area (TPSA) is 67.2 Å². The maximum Gasteiger partial charge on any atom is 0.271 e. The number of thiocarbonyl (C=S) groups is 1. The van der Waals surface area contributed by atoms with E-state index in [2.05, 4.69) is 10.6 Å². The lowest BCUT2D eigenvalue weighted by atomic mass is 10.3. The Kier molecular flexibility index (Phi) is 5.83. The number of hydrogen-bond donors (Lipinski definition) is 2. The molecule has 0 saturated carbocycles. The minimum Gasteiger partial charge on any atom is -0.332 e.